The van der Waals surface area contributed by atoms with Crippen molar-refractivity contribution in [3.63, 3.8) is 0 Å². The molecule has 0 saturated carbocycles. The smallest absolute Gasteiger partial charge is 0.339 e. The van der Waals surface area contributed by atoms with Crippen LogP contribution in [-0.4, -0.2) is 44.3 Å². The molecule has 1 saturated heterocycles. The number of fused-ring (bicyclic) bond motifs is 1. The number of aromatic nitrogens is 4. The van der Waals surface area contributed by atoms with E-state index in [9.17, 15) is 4.79 Å². The van der Waals surface area contributed by atoms with E-state index < -0.39 is 35.3 Å². The summed E-state index contributed by atoms with van der Waals surface area (Å²) < 4.78 is 35.5. The van der Waals surface area contributed by atoms with Crippen molar-refractivity contribution in [2.45, 2.75) is 43.7 Å². The lowest BCUT2D eigenvalue weighted by Crippen LogP contribution is -2.44. The lowest BCUT2D eigenvalue weighted by molar-refractivity contribution is -0.0754. The molecular weight excluding hydrogens is 645 g/mol. The lowest BCUT2D eigenvalue weighted by Gasteiger charge is -2.37. The number of benzene rings is 4. The van der Waals surface area contributed by atoms with Gasteiger partial charge in [-0.05, 0) is 47.4 Å². The number of anilines is 1. The van der Waals surface area contributed by atoms with Gasteiger partial charge in [0.1, 0.15) is 11.3 Å². The third kappa shape index (κ3) is 5.75. The lowest BCUT2D eigenvalue weighted by atomic mass is 9.77. The van der Waals surface area contributed by atoms with Crippen molar-refractivity contribution < 1.29 is 23.4 Å². The van der Waals surface area contributed by atoms with Gasteiger partial charge in [0.05, 0.1) is 25.1 Å². The minimum atomic E-state index is -1.57. The summed E-state index contributed by atoms with van der Waals surface area (Å²) in [5.41, 5.74) is 0.631. The number of hydrogen-bond acceptors (Lipinski definition) is 8. The van der Waals surface area contributed by atoms with Gasteiger partial charge in [0, 0.05) is 5.92 Å². The van der Waals surface area contributed by atoms with Crippen LogP contribution in [0.15, 0.2) is 122 Å². The first-order valence-electron chi connectivity index (χ1n) is 16.7. The van der Waals surface area contributed by atoms with Gasteiger partial charge >= 0.3 is 12.0 Å². The fourth-order valence-electron chi connectivity index (χ4n) is 7.03. The topological polar surface area (TPSA) is 100 Å². The molecule has 0 amide bonds. The molecule has 1 aliphatic rings. The zero-order valence-electron chi connectivity index (χ0n) is 28.4. The molecule has 51 heavy (non-hydrogen) atoms. The normalized spacial score (nSPS) is 20.1. The van der Waals surface area contributed by atoms with E-state index in [4.69, 9.17) is 25.6 Å². The van der Waals surface area contributed by atoms with Crippen LogP contribution in [0.1, 0.15) is 53.5 Å². The van der Waals surface area contributed by atoms with Gasteiger partial charge in [-0.1, -0.05) is 111 Å². The average Bonchev–Trinajstić information content (AvgIpc) is 3.72. The predicted molar refractivity (Wildman–Crippen MR) is 191 cm³/mol. The zero-order valence-corrected chi connectivity index (χ0v) is 28.4. The van der Waals surface area contributed by atoms with Crippen molar-refractivity contribution >= 4 is 23.0 Å². The third-order valence-electron chi connectivity index (χ3n) is 9.69. The van der Waals surface area contributed by atoms with Crippen LogP contribution in [0.2, 0.25) is 0 Å². The minimum Gasteiger partial charge on any atom is -0.497 e. The molecule has 10 heteroatoms. The molecule has 2 aromatic heterocycles. The molecule has 1 fully saturated rings. The summed E-state index contributed by atoms with van der Waals surface area (Å²) in [6.07, 6.45) is 5.84. The van der Waals surface area contributed by atoms with E-state index in [1.54, 1.807) is 37.4 Å². The quantitative estimate of drug-likeness (QED) is 0.0685. The molecule has 9 nitrogen and oxygen atoms in total. The van der Waals surface area contributed by atoms with Crippen molar-refractivity contribution in [1.29, 1.82) is 0 Å². The van der Waals surface area contributed by atoms with E-state index >= 15 is 4.39 Å². The second kappa shape index (κ2) is 13.7. The first-order valence-corrected chi connectivity index (χ1v) is 16.7. The Morgan fingerprint density at radius 3 is 2.10 bits per heavy atom. The number of carbonyl (C=O) groups is 1. The van der Waals surface area contributed by atoms with Crippen LogP contribution in [-0.2, 0) is 15.0 Å². The van der Waals surface area contributed by atoms with E-state index in [-0.39, 0.29) is 23.1 Å². The van der Waals surface area contributed by atoms with Crippen molar-refractivity contribution in [2.24, 2.45) is 5.92 Å². The number of carbonyl (C=O) groups excluding carboxylic acids is 1. The number of terminal acetylenes is 1. The Morgan fingerprint density at radius 1 is 0.941 bits per heavy atom. The second-order valence-corrected chi connectivity index (χ2v) is 12.4. The Balaban J connectivity index is 1.40. The maximum atomic E-state index is 15.8. The minimum absolute atomic E-state index is 0.110. The summed E-state index contributed by atoms with van der Waals surface area (Å²) in [6.45, 7) is 3.85. The number of nitrogens with one attached hydrogen (secondary N) is 1. The van der Waals surface area contributed by atoms with Crippen LogP contribution in [0.4, 0.5) is 10.2 Å². The molecule has 1 N–H and O–H groups in total. The highest BCUT2D eigenvalue weighted by Gasteiger charge is 2.58. The number of methoxy groups -OCH3 is 1. The summed E-state index contributed by atoms with van der Waals surface area (Å²) in [7, 11) is 1.61. The number of ether oxygens (including phenoxy) is 3. The Bertz CT molecular complexity index is 2150. The van der Waals surface area contributed by atoms with Gasteiger partial charge in [0.15, 0.2) is 23.2 Å². The van der Waals surface area contributed by atoms with Crippen molar-refractivity contribution in [3.05, 3.63) is 150 Å². The fourth-order valence-corrected chi connectivity index (χ4v) is 7.03. The highest BCUT2D eigenvalue weighted by molar-refractivity contribution is 5.90. The van der Waals surface area contributed by atoms with Gasteiger partial charge in [-0.25, -0.2) is 9.78 Å². The second-order valence-electron chi connectivity index (χ2n) is 12.4. The number of rotatable bonds is 10. The molecule has 0 spiro atoms. The molecule has 0 aliphatic carbocycles. The molecule has 6 aromatic rings. The first-order chi connectivity index (χ1) is 24.8. The standard InChI is InChI=1S/C41H36FN5O4/c1-5-33-27(3)40(6-2,51-37(48)28-16-10-7-11-17-28)38(50-33)47-26-43-34-35(44-39(42)45-36(34)47)46-41(29-18-12-8-13-19-29,30-20-14-9-15-21-30)31-22-24-32(49-4)25-23-31/h2,7-27,33,38H,5H2,1,3-4H3,(H,44,45,46)/t27-,33-,38-,40-/m1/s1. The molecule has 0 radical (unpaired) electrons. The summed E-state index contributed by atoms with van der Waals surface area (Å²) in [6, 6.07) is 35.9. The Morgan fingerprint density at radius 2 is 1.53 bits per heavy atom. The van der Waals surface area contributed by atoms with Crippen LogP contribution < -0.4 is 10.1 Å². The Hall–Kier alpha value is -6.05. The van der Waals surface area contributed by atoms with Crippen LogP contribution in [0.3, 0.4) is 0 Å². The largest absolute Gasteiger partial charge is 0.497 e. The maximum absolute atomic E-state index is 15.8. The number of nitrogens with zero attached hydrogens (tertiary/aromatic N) is 4. The summed E-state index contributed by atoms with van der Waals surface area (Å²) >= 11 is 0. The first kappa shape index (κ1) is 33.4. The van der Waals surface area contributed by atoms with E-state index in [2.05, 4.69) is 21.2 Å². The van der Waals surface area contributed by atoms with Crippen LogP contribution in [0, 0.1) is 24.3 Å². The van der Waals surface area contributed by atoms with Crippen LogP contribution >= 0.6 is 0 Å². The number of imidazole rings is 1. The molecule has 1 aliphatic heterocycles. The van der Waals surface area contributed by atoms with Crippen LogP contribution in [0.5, 0.6) is 5.75 Å². The molecule has 4 atom stereocenters. The molecule has 0 unspecified atom stereocenters. The molecule has 256 valence electrons. The summed E-state index contributed by atoms with van der Waals surface area (Å²) in [5.74, 6) is 2.54. The highest BCUT2D eigenvalue weighted by atomic mass is 19.1. The molecule has 0 bridgehead atoms. The van der Waals surface area contributed by atoms with Crippen LogP contribution in [0.25, 0.3) is 11.2 Å². The predicted octanol–water partition coefficient (Wildman–Crippen LogP) is 7.55. The molecule has 4 aromatic carbocycles. The van der Waals surface area contributed by atoms with E-state index in [0.717, 1.165) is 16.7 Å². The summed E-state index contributed by atoms with van der Waals surface area (Å²) in [4.78, 5) is 26.7. The summed E-state index contributed by atoms with van der Waals surface area (Å²) in [5, 5.41) is 3.61. The average molecular weight is 682 g/mol. The zero-order chi connectivity index (χ0) is 35.6. The van der Waals surface area contributed by atoms with Crippen molar-refractivity contribution in [2.75, 3.05) is 12.4 Å². The Labute approximate surface area is 295 Å². The van der Waals surface area contributed by atoms with E-state index in [1.807, 2.05) is 98.8 Å². The number of hydrogen-bond donors (Lipinski definition) is 1. The molecule has 7 rings (SSSR count). The molecule has 3 heterocycles. The van der Waals surface area contributed by atoms with Gasteiger partial charge in [0.25, 0.3) is 0 Å². The highest BCUT2D eigenvalue weighted by Crippen LogP contribution is 2.48. The van der Waals surface area contributed by atoms with E-state index in [0.29, 0.717) is 17.7 Å². The van der Waals surface area contributed by atoms with Gasteiger partial charge in [-0.2, -0.15) is 14.4 Å². The fraction of sp³-hybridized carbons (Fsp3) is 0.220. The number of halogens is 1. The number of esters is 1. The SMILES string of the molecule is C#C[C@@]1(OC(=O)c2ccccc2)[C@H](C)[C@@H](CC)O[C@H]1n1cnc2c(NC(c3ccccc3)(c3ccccc3)c3ccc(OC)cc3)nc(F)nc21. The van der Waals surface area contributed by atoms with Gasteiger partial charge in [-0.3, -0.25) is 4.57 Å². The van der Waals surface area contributed by atoms with Gasteiger partial charge in [-0.15, -0.1) is 6.42 Å². The third-order valence-corrected chi connectivity index (χ3v) is 9.69. The van der Waals surface area contributed by atoms with E-state index in [1.165, 1.54) is 10.9 Å². The Kier molecular flexibility index (Phi) is 8.98. The maximum Gasteiger partial charge on any atom is 0.339 e. The van der Waals surface area contributed by atoms with Crippen molar-refractivity contribution in [1.82, 2.24) is 19.5 Å². The molecular formula is C41H36FN5O4. The monoisotopic (exact) mass is 681 g/mol. The van der Waals surface area contributed by atoms with Crippen molar-refractivity contribution in [3.8, 4) is 18.1 Å². The van der Waals surface area contributed by atoms with Gasteiger partial charge in [0.2, 0.25) is 5.60 Å². The van der Waals surface area contributed by atoms with Gasteiger partial charge < -0.3 is 19.5 Å².